The number of halogens is 1. The van der Waals surface area contributed by atoms with E-state index < -0.39 is 9.84 Å². The molecule has 0 saturated heterocycles. The van der Waals surface area contributed by atoms with Crippen LogP contribution in [0.4, 0.5) is 21.7 Å². The third-order valence-electron chi connectivity index (χ3n) is 5.99. The van der Waals surface area contributed by atoms with Crippen molar-refractivity contribution in [2.24, 2.45) is 4.99 Å². The Kier molecular flexibility index (Phi) is 5.20. The Hall–Kier alpha value is -3.73. The van der Waals surface area contributed by atoms with Crippen molar-refractivity contribution in [3.8, 4) is 0 Å². The summed E-state index contributed by atoms with van der Waals surface area (Å²) in [6.45, 7) is 4.83. The topological polar surface area (TPSA) is 99.9 Å². The summed E-state index contributed by atoms with van der Waals surface area (Å²) in [6.07, 6.45) is 1.16. The highest BCUT2D eigenvalue weighted by Gasteiger charge is 2.45. The Morgan fingerprint density at radius 1 is 1.09 bits per heavy atom. The van der Waals surface area contributed by atoms with E-state index in [-0.39, 0.29) is 28.7 Å². The van der Waals surface area contributed by atoms with Crippen molar-refractivity contribution >= 4 is 39.0 Å². The van der Waals surface area contributed by atoms with Crippen LogP contribution < -0.4 is 10.2 Å². The lowest BCUT2D eigenvalue weighted by Crippen LogP contribution is -2.48. The Balaban J connectivity index is 1.61. The number of carbonyl (C=O) groups excluding carboxylic acids is 1. The zero-order chi connectivity index (χ0) is 25.1. The van der Waals surface area contributed by atoms with E-state index in [0.717, 1.165) is 11.8 Å². The maximum Gasteiger partial charge on any atom is 0.267 e. The van der Waals surface area contributed by atoms with Crippen molar-refractivity contribution in [3.63, 3.8) is 0 Å². The number of carbonyl (C=O) groups is 1. The van der Waals surface area contributed by atoms with Crippen LogP contribution in [0, 0.1) is 5.82 Å². The Labute approximate surface area is 202 Å². The second-order valence-electron chi connectivity index (χ2n) is 9.43. The van der Waals surface area contributed by atoms with Crippen LogP contribution >= 0.6 is 0 Å². The molecule has 1 aromatic heterocycles. The van der Waals surface area contributed by atoms with E-state index >= 15 is 0 Å². The number of guanidine groups is 1. The van der Waals surface area contributed by atoms with Crippen molar-refractivity contribution in [1.82, 2.24) is 14.7 Å². The van der Waals surface area contributed by atoms with E-state index in [1.165, 1.54) is 17.0 Å². The smallest absolute Gasteiger partial charge is 0.267 e. The number of aliphatic imine (C=N–C) groups is 1. The van der Waals surface area contributed by atoms with Gasteiger partial charge < -0.3 is 5.32 Å². The fourth-order valence-corrected chi connectivity index (χ4v) is 4.90. The number of sulfone groups is 1. The number of aromatic nitrogens is 2. The molecule has 0 atom stereocenters. The van der Waals surface area contributed by atoms with E-state index in [1.54, 1.807) is 48.1 Å². The molecule has 0 aliphatic carbocycles. The van der Waals surface area contributed by atoms with Crippen molar-refractivity contribution in [2.45, 2.75) is 30.8 Å². The van der Waals surface area contributed by atoms with Gasteiger partial charge in [0, 0.05) is 19.0 Å². The molecule has 0 saturated carbocycles. The van der Waals surface area contributed by atoms with Crippen LogP contribution in [0.25, 0.3) is 0 Å². The van der Waals surface area contributed by atoms with Crippen LogP contribution in [0.2, 0.25) is 0 Å². The summed E-state index contributed by atoms with van der Waals surface area (Å²) in [6, 6.07) is 12.4. The first-order valence-electron chi connectivity index (χ1n) is 11.0. The molecular formula is C24H25FN6O3S. The van der Waals surface area contributed by atoms with Crippen LogP contribution in [-0.2, 0) is 16.4 Å². The molecule has 0 radical (unpaired) electrons. The molecule has 2 aliphatic rings. The molecule has 0 fully saturated rings. The minimum Gasteiger partial charge on any atom is -0.340 e. The normalized spacial score (nSPS) is 16.7. The highest BCUT2D eigenvalue weighted by atomic mass is 32.2. The fraction of sp³-hybridized carbons (Fsp3) is 0.292. The molecule has 0 spiro atoms. The Bertz CT molecular complexity index is 1460. The first-order valence-corrected chi connectivity index (χ1v) is 12.9. The lowest BCUT2D eigenvalue weighted by atomic mass is 10.1. The summed E-state index contributed by atoms with van der Waals surface area (Å²) in [5.41, 5.74) is 1.40. The quantitative estimate of drug-likeness (QED) is 0.582. The fourth-order valence-electron chi connectivity index (χ4n) is 4.27. The summed E-state index contributed by atoms with van der Waals surface area (Å²) in [5, 5.41) is 8.02. The maximum absolute atomic E-state index is 13.5. The molecule has 3 heterocycles. The summed E-state index contributed by atoms with van der Waals surface area (Å²) in [7, 11) is -1.63. The number of amides is 1. The summed E-state index contributed by atoms with van der Waals surface area (Å²) >= 11 is 0. The predicted octanol–water partition coefficient (Wildman–Crippen LogP) is 3.26. The van der Waals surface area contributed by atoms with Gasteiger partial charge in [0.1, 0.15) is 17.2 Å². The zero-order valence-electron chi connectivity index (χ0n) is 19.8. The van der Waals surface area contributed by atoms with Gasteiger partial charge in [0.25, 0.3) is 5.91 Å². The molecule has 3 aromatic rings. The van der Waals surface area contributed by atoms with Gasteiger partial charge in [-0.15, -0.1) is 0 Å². The zero-order valence-corrected chi connectivity index (χ0v) is 20.6. The first-order chi connectivity index (χ1) is 16.4. The van der Waals surface area contributed by atoms with Gasteiger partial charge in [-0.05, 0) is 55.8 Å². The third kappa shape index (κ3) is 4.16. The van der Waals surface area contributed by atoms with Gasteiger partial charge in [-0.2, -0.15) is 5.10 Å². The average Bonchev–Trinajstić information content (AvgIpc) is 3.30. The lowest BCUT2D eigenvalue weighted by molar-refractivity contribution is 0.0866. The van der Waals surface area contributed by atoms with Gasteiger partial charge in [0.2, 0.25) is 5.96 Å². The largest absolute Gasteiger partial charge is 0.340 e. The van der Waals surface area contributed by atoms with Crippen LogP contribution in [0.15, 0.2) is 58.4 Å². The summed E-state index contributed by atoms with van der Waals surface area (Å²) in [4.78, 5) is 21.8. The van der Waals surface area contributed by atoms with E-state index in [1.807, 2.05) is 18.7 Å². The molecule has 9 nitrogen and oxygen atoms in total. The molecule has 2 aliphatic heterocycles. The molecule has 1 N–H and O–H groups in total. The minimum atomic E-state index is -3.32. The summed E-state index contributed by atoms with van der Waals surface area (Å²) < 4.78 is 38.8. The van der Waals surface area contributed by atoms with Gasteiger partial charge in [-0.3, -0.25) is 14.6 Å². The number of hydrogen-bond acceptors (Lipinski definition) is 7. The molecule has 5 rings (SSSR count). The van der Waals surface area contributed by atoms with Gasteiger partial charge in [-0.25, -0.2) is 22.5 Å². The molecule has 0 bridgehead atoms. The number of rotatable bonds is 5. The van der Waals surface area contributed by atoms with Gasteiger partial charge >= 0.3 is 0 Å². The number of anilines is 3. The standard InChI is InChI=1S/C24H25FN6O3S/c1-24(2)14-30-21-19(22(32)29(3)23(30)27-24)20(26-17-9-7-16(25)8-10-17)31(28-21)13-15-5-11-18(12-6-15)35(4,33)34/h5-12,26H,13-14H2,1-4H3. The maximum atomic E-state index is 13.5. The number of nitrogens with zero attached hydrogens (tertiary/aromatic N) is 5. The molecule has 0 unspecified atom stereocenters. The molecular weight excluding hydrogens is 471 g/mol. The molecule has 35 heavy (non-hydrogen) atoms. The summed E-state index contributed by atoms with van der Waals surface area (Å²) in [5.74, 6) is 0.876. The number of nitrogens with one attached hydrogen (secondary N) is 1. The van der Waals surface area contributed by atoms with Crippen molar-refractivity contribution in [2.75, 3.05) is 30.1 Å². The molecule has 2 aromatic carbocycles. The lowest BCUT2D eigenvalue weighted by Gasteiger charge is -2.30. The Morgan fingerprint density at radius 3 is 2.37 bits per heavy atom. The monoisotopic (exact) mass is 496 g/mol. The minimum absolute atomic E-state index is 0.225. The van der Waals surface area contributed by atoms with E-state index in [2.05, 4.69) is 5.32 Å². The molecule has 11 heteroatoms. The highest BCUT2D eigenvalue weighted by Crippen LogP contribution is 2.38. The third-order valence-corrected chi connectivity index (χ3v) is 7.12. The molecule has 182 valence electrons. The van der Waals surface area contributed by atoms with Crippen LogP contribution in [0.1, 0.15) is 29.8 Å². The molecule has 1 amide bonds. The second-order valence-corrected chi connectivity index (χ2v) is 11.4. The Morgan fingerprint density at radius 2 is 1.74 bits per heavy atom. The average molecular weight is 497 g/mol. The van der Waals surface area contributed by atoms with E-state index in [9.17, 15) is 17.6 Å². The van der Waals surface area contributed by atoms with Crippen molar-refractivity contribution in [1.29, 1.82) is 0 Å². The number of fused-ring (bicyclic) bond motifs is 3. The van der Waals surface area contributed by atoms with Gasteiger partial charge in [-0.1, -0.05) is 12.1 Å². The van der Waals surface area contributed by atoms with Crippen molar-refractivity contribution < 1.29 is 17.6 Å². The van der Waals surface area contributed by atoms with Crippen LogP contribution in [-0.4, -0.2) is 60.4 Å². The second kappa shape index (κ2) is 7.91. The van der Waals surface area contributed by atoms with Crippen molar-refractivity contribution in [3.05, 3.63) is 65.5 Å². The predicted molar refractivity (Wildman–Crippen MR) is 132 cm³/mol. The number of hydrogen-bond donors (Lipinski definition) is 1. The number of benzene rings is 2. The van der Waals surface area contributed by atoms with Crippen LogP contribution in [0.5, 0.6) is 0 Å². The van der Waals surface area contributed by atoms with Gasteiger partial charge in [0.05, 0.1) is 23.5 Å². The highest BCUT2D eigenvalue weighted by molar-refractivity contribution is 7.90. The van der Waals surface area contributed by atoms with Gasteiger partial charge in [0.15, 0.2) is 15.7 Å². The van der Waals surface area contributed by atoms with Crippen LogP contribution in [0.3, 0.4) is 0 Å². The first kappa shape index (κ1) is 23.0. The van der Waals surface area contributed by atoms with E-state index in [4.69, 9.17) is 10.1 Å². The SMILES string of the molecule is CN1C(=O)c2c(nn(Cc3ccc(S(C)(=O)=O)cc3)c2Nc2ccc(F)cc2)N2CC(C)(C)N=C12. The van der Waals surface area contributed by atoms with E-state index in [0.29, 0.717) is 35.4 Å².